The third kappa shape index (κ3) is 3.59. The fourth-order valence-corrected chi connectivity index (χ4v) is 2.40. The standard InChI is InChI=1S/C18H26N4/c1-21(2)15-9-5-13(6-10-15)17(19)18(20)14-7-11-16(12-8-14)22(3)4/h5-12,17-18H,19-20H2,1-4H3/t17-,18+. The van der Waals surface area contributed by atoms with Gasteiger partial charge in [0.1, 0.15) is 0 Å². The SMILES string of the molecule is CN(C)c1ccc([C@@H](N)[C@@H](N)c2ccc(N(C)C)cc2)cc1. The highest BCUT2D eigenvalue weighted by atomic mass is 15.1. The number of hydrogen-bond acceptors (Lipinski definition) is 4. The normalized spacial score (nSPS) is 13.5. The molecule has 22 heavy (non-hydrogen) atoms. The summed E-state index contributed by atoms with van der Waals surface area (Å²) in [5.41, 5.74) is 17.1. The average Bonchev–Trinajstić information content (AvgIpc) is 2.53. The Morgan fingerprint density at radius 3 is 1.09 bits per heavy atom. The molecule has 118 valence electrons. The Bertz CT molecular complexity index is 532. The minimum atomic E-state index is -0.221. The number of hydrogen-bond donors (Lipinski definition) is 2. The molecule has 2 rings (SSSR count). The van der Waals surface area contributed by atoms with E-state index in [2.05, 4.69) is 34.1 Å². The molecular weight excluding hydrogens is 272 g/mol. The summed E-state index contributed by atoms with van der Waals surface area (Å²) < 4.78 is 0. The van der Waals surface area contributed by atoms with Crippen molar-refractivity contribution >= 4 is 11.4 Å². The maximum atomic E-state index is 6.35. The van der Waals surface area contributed by atoms with E-state index in [4.69, 9.17) is 11.5 Å². The second-order valence-electron chi connectivity index (χ2n) is 6.02. The molecule has 0 spiro atoms. The van der Waals surface area contributed by atoms with Crippen LogP contribution in [0, 0.1) is 0 Å². The summed E-state index contributed by atoms with van der Waals surface area (Å²) in [6.07, 6.45) is 0. The van der Waals surface area contributed by atoms with Gasteiger partial charge >= 0.3 is 0 Å². The zero-order valence-corrected chi connectivity index (χ0v) is 13.8. The third-order valence-electron chi connectivity index (χ3n) is 3.98. The van der Waals surface area contributed by atoms with E-state index in [-0.39, 0.29) is 12.1 Å². The summed E-state index contributed by atoms with van der Waals surface area (Å²) in [4.78, 5) is 4.13. The van der Waals surface area contributed by atoms with Crippen molar-refractivity contribution < 1.29 is 0 Å². The zero-order chi connectivity index (χ0) is 16.3. The first-order chi connectivity index (χ1) is 10.4. The Morgan fingerprint density at radius 2 is 0.864 bits per heavy atom. The summed E-state index contributed by atoms with van der Waals surface area (Å²) >= 11 is 0. The largest absolute Gasteiger partial charge is 0.378 e. The van der Waals surface area contributed by atoms with Gasteiger partial charge in [-0.2, -0.15) is 0 Å². The van der Waals surface area contributed by atoms with Crippen LogP contribution < -0.4 is 21.3 Å². The fraction of sp³-hybridized carbons (Fsp3) is 0.333. The van der Waals surface area contributed by atoms with E-state index in [1.54, 1.807) is 0 Å². The lowest BCUT2D eigenvalue weighted by atomic mass is 9.94. The van der Waals surface area contributed by atoms with E-state index >= 15 is 0 Å². The summed E-state index contributed by atoms with van der Waals surface area (Å²) in [6.45, 7) is 0. The zero-order valence-electron chi connectivity index (χ0n) is 13.8. The van der Waals surface area contributed by atoms with E-state index in [9.17, 15) is 0 Å². The Morgan fingerprint density at radius 1 is 0.591 bits per heavy atom. The van der Waals surface area contributed by atoms with Crippen molar-refractivity contribution in [3.8, 4) is 0 Å². The summed E-state index contributed by atoms with van der Waals surface area (Å²) in [5.74, 6) is 0. The highest BCUT2D eigenvalue weighted by molar-refractivity contribution is 5.48. The van der Waals surface area contributed by atoms with Gasteiger partial charge in [-0.25, -0.2) is 0 Å². The molecule has 0 fully saturated rings. The predicted octanol–water partition coefficient (Wildman–Crippen LogP) is 2.52. The van der Waals surface area contributed by atoms with Crippen molar-refractivity contribution in [1.29, 1.82) is 0 Å². The molecule has 2 aromatic rings. The van der Waals surface area contributed by atoms with Gasteiger partial charge in [-0.1, -0.05) is 24.3 Å². The van der Waals surface area contributed by atoms with Crippen LogP contribution in [0.15, 0.2) is 48.5 Å². The molecular formula is C18H26N4. The van der Waals surface area contributed by atoms with Gasteiger partial charge in [-0.05, 0) is 35.4 Å². The minimum Gasteiger partial charge on any atom is -0.378 e. The highest BCUT2D eigenvalue weighted by Crippen LogP contribution is 2.27. The van der Waals surface area contributed by atoms with Crippen LogP contribution >= 0.6 is 0 Å². The van der Waals surface area contributed by atoms with Crippen molar-refractivity contribution in [2.75, 3.05) is 38.0 Å². The minimum absolute atomic E-state index is 0.221. The maximum absolute atomic E-state index is 6.35. The molecule has 0 aliphatic heterocycles. The number of nitrogens with two attached hydrogens (primary N) is 2. The molecule has 4 nitrogen and oxygen atoms in total. The van der Waals surface area contributed by atoms with Gasteiger partial charge in [-0.3, -0.25) is 0 Å². The molecule has 0 radical (unpaired) electrons. The van der Waals surface area contributed by atoms with Crippen LogP contribution in [0.3, 0.4) is 0 Å². The van der Waals surface area contributed by atoms with Crippen LogP contribution in [-0.2, 0) is 0 Å². The van der Waals surface area contributed by atoms with Crippen LogP contribution in [0.1, 0.15) is 23.2 Å². The van der Waals surface area contributed by atoms with E-state index in [1.165, 1.54) is 0 Å². The lowest BCUT2D eigenvalue weighted by Crippen LogP contribution is -2.26. The summed E-state index contributed by atoms with van der Waals surface area (Å²) in [7, 11) is 8.08. The van der Waals surface area contributed by atoms with E-state index in [1.807, 2.05) is 52.5 Å². The molecule has 0 aliphatic rings. The molecule has 0 bridgehead atoms. The Labute approximate surface area is 133 Å². The lowest BCUT2D eigenvalue weighted by molar-refractivity contribution is 0.574. The summed E-state index contributed by atoms with van der Waals surface area (Å²) in [5, 5.41) is 0. The lowest BCUT2D eigenvalue weighted by Gasteiger charge is -2.22. The topological polar surface area (TPSA) is 58.5 Å². The van der Waals surface area contributed by atoms with Crippen molar-refractivity contribution in [3.05, 3.63) is 59.7 Å². The van der Waals surface area contributed by atoms with Gasteiger partial charge in [0.25, 0.3) is 0 Å². The van der Waals surface area contributed by atoms with E-state index in [0.29, 0.717) is 0 Å². The van der Waals surface area contributed by atoms with Crippen LogP contribution in [0.4, 0.5) is 11.4 Å². The van der Waals surface area contributed by atoms with Gasteiger partial charge in [0.05, 0.1) is 0 Å². The van der Waals surface area contributed by atoms with Crippen LogP contribution in [-0.4, -0.2) is 28.2 Å². The molecule has 2 atom stereocenters. The summed E-state index contributed by atoms with van der Waals surface area (Å²) in [6, 6.07) is 16.0. The van der Waals surface area contributed by atoms with Gasteiger partial charge in [-0.15, -0.1) is 0 Å². The fourth-order valence-electron chi connectivity index (χ4n) is 2.40. The number of rotatable bonds is 5. The van der Waals surface area contributed by atoms with Gasteiger partial charge in [0, 0.05) is 51.6 Å². The van der Waals surface area contributed by atoms with Crippen LogP contribution in [0.5, 0.6) is 0 Å². The van der Waals surface area contributed by atoms with Crippen molar-refractivity contribution in [2.45, 2.75) is 12.1 Å². The Hall–Kier alpha value is -2.04. The second kappa shape index (κ2) is 6.81. The first-order valence-electron chi connectivity index (χ1n) is 7.46. The third-order valence-corrected chi connectivity index (χ3v) is 3.98. The number of benzene rings is 2. The monoisotopic (exact) mass is 298 g/mol. The van der Waals surface area contributed by atoms with Gasteiger partial charge in [0.2, 0.25) is 0 Å². The Balaban J connectivity index is 2.15. The quantitative estimate of drug-likeness (QED) is 0.890. The van der Waals surface area contributed by atoms with Crippen molar-refractivity contribution in [2.24, 2.45) is 11.5 Å². The second-order valence-corrected chi connectivity index (χ2v) is 6.02. The van der Waals surface area contributed by atoms with E-state index < -0.39 is 0 Å². The number of nitrogens with zero attached hydrogens (tertiary/aromatic N) is 2. The van der Waals surface area contributed by atoms with Crippen molar-refractivity contribution in [3.63, 3.8) is 0 Å². The highest BCUT2D eigenvalue weighted by Gasteiger charge is 2.17. The average molecular weight is 298 g/mol. The molecule has 0 heterocycles. The predicted molar refractivity (Wildman–Crippen MR) is 95.4 cm³/mol. The van der Waals surface area contributed by atoms with E-state index in [0.717, 1.165) is 22.5 Å². The van der Waals surface area contributed by atoms with Gasteiger partial charge in [0.15, 0.2) is 0 Å². The number of anilines is 2. The molecule has 0 amide bonds. The maximum Gasteiger partial charge on any atom is 0.0491 e. The first-order valence-corrected chi connectivity index (χ1v) is 7.46. The molecule has 0 saturated carbocycles. The molecule has 0 saturated heterocycles. The Kier molecular flexibility index (Phi) is 5.06. The molecule has 4 N–H and O–H groups in total. The smallest absolute Gasteiger partial charge is 0.0491 e. The van der Waals surface area contributed by atoms with Gasteiger partial charge < -0.3 is 21.3 Å². The first kappa shape index (κ1) is 16.3. The van der Waals surface area contributed by atoms with Crippen LogP contribution in [0.25, 0.3) is 0 Å². The molecule has 0 unspecified atom stereocenters. The molecule has 0 aliphatic carbocycles. The van der Waals surface area contributed by atoms with Crippen molar-refractivity contribution in [1.82, 2.24) is 0 Å². The molecule has 0 aromatic heterocycles. The molecule has 2 aromatic carbocycles. The molecule has 4 heteroatoms. The van der Waals surface area contributed by atoms with Crippen LogP contribution in [0.2, 0.25) is 0 Å².